The largest absolute Gasteiger partial charge is 0.379 e. The summed E-state index contributed by atoms with van der Waals surface area (Å²) >= 11 is 0. The number of nitrogens with one attached hydrogen (secondary N) is 1. The van der Waals surface area contributed by atoms with Gasteiger partial charge in [-0.2, -0.15) is 9.40 Å². The molecule has 1 aliphatic heterocycles. The molecule has 8 nitrogen and oxygen atoms in total. The van der Waals surface area contributed by atoms with Crippen molar-refractivity contribution in [3.8, 4) is 0 Å². The number of carbonyl (C=O) groups excluding carboxylic acids is 1. The molecule has 9 heteroatoms. The van der Waals surface area contributed by atoms with Crippen molar-refractivity contribution in [2.24, 2.45) is 0 Å². The lowest BCUT2D eigenvalue weighted by Crippen LogP contribution is -2.41. The Morgan fingerprint density at radius 1 is 1.14 bits per heavy atom. The summed E-state index contributed by atoms with van der Waals surface area (Å²) in [6.07, 6.45) is 0.227. The highest BCUT2D eigenvalue weighted by molar-refractivity contribution is 7.89. The van der Waals surface area contributed by atoms with Gasteiger partial charge in [-0.05, 0) is 26.3 Å². The first-order valence-corrected chi connectivity index (χ1v) is 11.2. The van der Waals surface area contributed by atoms with Crippen LogP contribution in [-0.2, 0) is 32.6 Å². The summed E-state index contributed by atoms with van der Waals surface area (Å²) in [4.78, 5) is 12.4. The standard InChI is InChI=1S/C20H28N4O4S/c1-15-4-6-18(7-5-15)14-21-19(25)8-9-24-17(3)20(16(2)22-24)29(26,27)23-10-12-28-13-11-23/h4-7H,8-14H2,1-3H3,(H,21,25). The van der Waals surface area contributed by atoms with Gasteiger partial charge >= 0.3 is 0 Å². The third kappa shape index (κ3) is 5.04. The van der Waals surface area contributed by atoms with Crippen molar-refractivity contribution in [1.82, 2.24) is 19.4 Å². The van der Waals surface area contributed by atoms with Crippen LogP contribution in [0.2, 0.25) is 0 Å². The molecule has 0 atom stereocenters. The third-order valence-corrected chi connectivity index (χ3v) is 7.20. The number of amides is 1. The van der Waals surface area contributed by atoms with Crippen LogP contribution in [-0.4, -0.2) is 54.7 Å². The molecular formula is C20H28N4O4S. The molecule has 0 bridgehead atoms. The van der Waals surface area contributed by atoms with E-state index < -0.39 is 10.0 Å². The van der Waals surface area contributed by atoms with Gasteiger partial charge in [-0.3, -0.25) is 9.48 Å². The van der Waals surface area contributed by atoms with Crippen molar-refractivity contribution in [2.75, 3.05) is 26.3 Å². The predicted molar refractivity (Wildman–Crippen MR) is 109 cm³/mol. The fourth-order valence-electron chi connectivity index (χ4n) is 3.39. The molecule has 0 saturated carbocycles. The molecule has 1 aromatic heterocycles. The van der Waals surface area contributed by atoms with Crippen LogP contribution in [0.15, 0.2) is 29.2 Å². The Labute approximate surface area is 171 Å². The molecule has 2 aromatic rings. The zero-order valence-corrected chi connectivity index (χ0v) is 18.0. The quantitative estimate of drug-likeness (QED) is 0.733. The number of hydrogen-bond acceptors (Lipinski definition) is 5. The molecule has 3 rings (SSSR count). The zero-order valence-electron chi connectivity index (χ0n) is 17.1. The molecule has 0 spiro atoms. The number of aryl methyl sites for hydroxylation is 3. The summed E-state index contributed by atoms with van der Waals surface area (Å²) in [7, 11) is -3.62. The highest BCUT2D eigenvalue weighted by Crippen LogP contribution is 2.24. The molecule has 1 amide bonds. The van der Waals surface area contributed by atoms with E-state index >= 15 is 0 Å². The van der Waals surface area contributed by atoms with E-state index in [2.05, 4.69) is 10.4 Å². The monoisotopic (exact) mass is 420 g/mol. The van der Waals surface area contributed by atoms with E-state index in [1.807, 2.05) is 31.2 Å². The number of ether oxygens (including phenoxy) is 1. The average Bonchev–Trinajstić information content (AvgIpc) is 3.00. The third-order valence-electron chi connectivity index (χ3n) is 5.04. The topological polar surface area (TPSA) is 93.5 Å². The van der Waals surface area contributed by atoms with Crippen LogP contribution < -0.4 is 5.32 Å². The van der Waals surface area contributed by atoms with Crippen LogP contribution in [0.5, 0.6) is 0 Å². The van der Waals surface area contributed by atoms with Crippen LogP contribution in [0.4, 0.5) is 0 Å². The SMILES string of the molecule is Cc1ccc(CNC(=O)CCn2nc(C)c(S(=O)(=O)N3CCOCC3)c2C)cc1. The lowest BCUT2D eigenvalue weighted by atomic mass is 10.1. The first-order chi connectivity index (χ1) is 13.8. The summed E-state index contributed by atoms with van der Waals surface area (Å²) in [6, 6.07) is 7.99. The van der Waals surface area contributed by atoms with E-state index in [1.165, 1.54) is 9.87 Å². The second-order valence-corrected chi connectivity index (χ2v) is 9.13. The lowest BCUT2D eigenvalue weighted by Gasteiger charge is -2.26. The van der Waals surface area contributed by atoms with Gasteiger partial charge in [0, 0.05) is 26.1 Å². The summed E-state index contributed by atoms with van der Waals surface area (Å²) < 4.78 is 34.3. The number of rotatable bonds is 7. The molecular weight excluding hydrogens is 392 g/mol. The maximum atomic E-state index is 13.0. The van der Waals surface area contributed by atoms with E-state index in [9.17, 15) is 13.2 Å². The van der Waals surface area contributed by atoms with E-state index in [0.717, 1.165) is 5.56 Å². The van der Waals surface area contributed by atoms with Gasteiger partial charge in [0.05, 0.1) is 31.1 Å². The predicted octanol–water partition coefficient (Wildman–Crippen LogP) is 1.54. The maximum Gasteiger partial charge on any atom is 0.246 e. The minimum atomic E-state index is -3.62. The molecule has 1 aromatic carbocycles. The van der Waals surface area contributed by atoms with Gasteiger partial charge < -0.3 is 10.1 Å². The van der Waals surface area contributed by atoms with Gasteiger partial charge in [-0.25, -0.2) is 8.42 Å². The number of carbonyl (C=O) groups is 1. The highest BCUT2D eigenvalue weighted by Gasteiger charge is 2.32. The lowest BCUT2D eigenvalue weighted by molar-refractivity contribution is -0.121. The van der Waals surface area contributed by atoms with E-state index in [1.54, 1.807) is 18.5 Å². The van der Waals surface area contributed by atoms with Crippen LogP contribution in [0.25, 0.3) is 0 Å². The molecule has 1 aliphatic rings. The van der Waals surface area contributed by atoms with Gasteiger partial charge in [-0.15, -0.1) is 0 Å². The first-order valence-electron chi connectivity index (χ1n) is 9.73. The summed E-state index contributed by atoms with van der Waals surface area (Å²) in [5, 5.41) is 7.26. The summed E-state index contributed by atoms with van der Waals surface area (Å²) in [5.74, 6) is -0.101. The van der Waals surface area contributed by atoms with Gasteiger partial charge in [0.15, 0.2) is 0 Å². The summed E-state index contributed by atoms with van der Waals surface area (Å²) in [6.45, 7) is 7.70. The fourth-order valence-corrected chi connectivity index (χ4v) is 5.17. The van der Waals surface area contributed by atoms with E-state index in [-0.39, 0.29) is 17.2 Å². The second kappa shape index (κ2) is 9.06. The second-order valence-electron chi connectivity index (χ2n) is 7.25. The van der Waals surface area contributed by atoms with Crippen LogP contribution >= 0.6 is 0 Å². The minimum absolute atomic E-state index is 0.101. The van der Waals surface area contributed by atoms with Crippen LogP contribution in [0.1, 0.15) is 28.9 Å². The van der Waals surface area contributed by atoms with Gasteiger partial charge in [-0.1, -0.05) is 29.8 Å². The smallest absolute Gasteiger partial charge is 0.246 e. The Morgan fingerprint density at radius 3 is 2.45 bits per heavy atom. The van der Waals surface area contributed by atoms with Gasteiger partial charge in [0.1, 0.15) is 4.90 Å². The zero-order chi connectivity index (χ0) is 21.0. The molecule has 0 radical (unpaired) electrons. The van der Waals surface area contributed by atoms with Crippen molar-refractivity contribution < 1.29 is 17.9 Å². The number of sulfonamides is 1. The number of aromatic nitrogens is 2. The van der Waals surface area contributed by atoms with Crippen molar-refractivity contribution in [2.45, 2.75) is 45.2 Å². The Kier molecular flexibility index (Phi) is 6.71. The highest BCUT2D eigenvalue weighted by atomic mass is 32.2. The Balaban J connectivity index is 1.62. The van der Waals surface area contributed by atoms with Gasteiger partial charge in [0.2, 0.25) is 15.9 Å². The Hall–Kier alpha value is -2.23. The summed E-state index contributed by atoms with van der Waals surface area (Å²) in [5.41, 5.74) is 3.22. The molecule has 1 saturated heterocycles. The molecule has 158 valence electrons. The first kappa shape index (κ1) is 21.5. The van der Waals surface area contributed by atoms with Crippen molar-refractivity contribution in [3.63, 3.8) is 0 Å². The number of hydrogen-bond donors (Lipinski definition) is 1. The molecule has 0 unspecified atom stereocenters. The normalized spacial score (nSPS) is 15.4. The molecule has 0 aliphatic carbocycles. The average molecular weight is 421 g/mol. The number of nitrogens with zero attached hydrogens (tertiary/aromatic N) is 3. The van der Waals surface area contributed by atoms with Gasteiger partial charge in [0.25, 0.3) is 0 Å². The van der Waals surface area contributed by atoms with E-state index in [0.29, 0.717) is 50.8 Å². The van der Waals surface area contributed by atoms with Crippen molar-refractivity contribution >= 4 is 15.9 Å². The molecule has 1 N–H and O–H groups in total. The van der Waals surface area contributed by atoms with E-state index in [4.69, 9.17) is 4.74 Å². The Bertz CT molecular complexity index is 961. The number of morpholine rings is 1. The van der Waals surface area contributed by atoms with Crippen molar-refractivity contribution in [1.29, 1.82) is 0 Å². The molecule has 2 heterocycles. The Morgan fingerprint density at radius 2 is 1.79 bits per heavy atom. The fraction of sp³-hybridized carbons (Fsp3) is 0.500. The van der Waals surface area contributed by atoms with Crippen LogP contribution in [0.3, 0.4) is 0 Å². The van der Waals surface area contributed by atoms with Crippen molar-refractivity contribution in [3.05, 3.63) is 46.8 Å². The maximum absolute atomic E-state index is 13.0. The molecule has 1 fully saturated rings. The number of benzene rings is 1. The minimum Gasteiger partial charge on any atom is -0.379 e. The molecule has 29 heavy (non-hydrogen) atoms. The van der Waals surface area contributed by atoms with Crippen LogP contribution in [0, 0.1) is 20.8 Å².